The van der Waals surface area contributed by atoms with Gasteiger partial charge in [0, 0.05) is 18.0 Å². The van der Waals surface area contributed by atoms with Crippen molar-refractivity contribution in [1.82, 2.24) is 5.32 Å². The zero-order chi connectivity index (χ0) is 17.8. The molecule has 0 saturated heterocycles. The molecule has 0 aromatic heterocycles. The van der Waals surface area contributed by atoms with Gasteiger partial charge in [-0.15, -0.1) is 0 Å². The van der Waals surface area contributed by atoms with E-state index in [0.717, 1.165) is 19.3 Å². The predicted octanol–water partition coefficient (Wildman–Crippen LogP) is 4.31. The Labute approximate surface area is 148 Å². The zero-order valence-corrected chi connectivity index (χ0v) is 15.5. The largest absolute Gasteiger partial charge is 0.527 e. The lowest BCUT2D eigenvalue weighted by Gasteiger charge is -2.13. The van der Waals surface area contributed by atoms with Crippen molar-refractivity contribution in [3.05, 3.63) is 29.3 Å². The predicted molar refractivity (Wildman–Crippen MR) is 94.2 cm³/mol. The molecule has 0 radical (unpaired) electrons. The van der Waals surface area contributed by atoms with Crippen molar-refractivity contribution in [2.45, 2.75) is 45.4 Å². The summed E-state index contributed by atoms with van der Waals surface area (Å²) in [6.07, 6.45) is 5.85. The Morgan fingerprint density at radius 2 is 1.88 bits per heavy atom. The fourth-order valence-electron chi connectivity index (χ4n) is 1.98. The first-order valence-electron chi connectivity index (χ1n) is 8.12. The normalized spacial score (nSPS) is 13.3. The quantitative estimate of drug-likeness (QED) is 0.418. The summed E-state index contributed by atoms with van der Waals surface area (Å²) in [6, 6.07) is 6.01. The van der Waals surface area contributed by atoms with E-state index in [9.17, 15) is 14.3 Å². The molecule has 1 atom stereocenters. The first kappa shape index (κ1) is 21.0. The Kier molecular flexibility index (Phi) is 10.0. The molecule has 0 saturated carbocycles. The number of rotatable bonds is 12. The Bertz CT molecular complexity index is 538. The second-order valence-electron chi connectivity index (χ2n) is 5.36. The van der Waals surface area contributed by atoms with E-state index in [4.69, 9.17) is 20.6 Å². The van der Waals surface area contributed by atoms with Gasteiger partial charge in [0.2, 0.25) is 5.91 Å². The Balaban J connectivity index is 2.15. The second kappa shape index (κ2) is 11.5. The van der Waals surface area contributed by atoms with Gasteiger partial charge in [-0.05, 0) is 30.7 Å². The van der Waals surface area contributed by atoms with E-state index in [-0.39, 0.29) is 24.8 Å². The standard InChI is InChI=1S/C16H25ClNO5P/c1-2-3-4-5-6-7-16(19)18-12-13-22-24(20,21)23-15-10-8-14(17)9-11-15/h8-11H,2-7,12-13H2,1H3,(H,18,19)(H,20,21). The van der Waals surface area contributed by atoms with Crippen molar-refractivity contribution in [3.63, 3.8) is 0 Å². The number of hydrogen-bond donors (Lipinski definition) is 2. The van der Waals surface area contributed by atoms with E-state index < -0.39 is 7.82 Å². The van der Waals surface area contributed by atoms with E-state index in [1.807, 2.05) is 0 Å². The Morgan fingerprint density at radius 1 is 1.21 bits per heavy atom. The van der Waals surface area contributed by atoms with Gasteiger partial charge < -0.3 is 9.84 Å². The number of unbranched alkanes of at least 4 members (excludes halogenated alkanes) is 4. The maximum Gasteiger partial charge on any atom is 0.527 e. The van der Waals surface area contributed by atoms with Gasteiger partial charge in [-0.2, -0.15) is 0 Å². The molecule has 2 N–H and O–H groups in total. The van der Waals surface area contributed by atoms with Crippen LogP contribution in [0.2, 0.25) is 5.02 Å². The van der Waals surface area contributed by atoms with Gasteiger partial charge in [-0.1, -0.05) is 44.2 Å². The molecule has 1 rings (SSSR count). The molecule has 1 amide bonds. The van der Waals surface area contributed by atoms with Crippen LogP contribution in [-0.4, -0.2) is 24.0 Å². The average Bonchev–Trinajstić information content (AvgIpc) is 2.53. The number of hydrogen-bond acceptors (Lipinski definition) is 4. The fourth-order valence-corrected chi connectivity index (χ4v) is 2.87. The lowest BCUT2D eigenvalue weighted by atomic mass is 10.1. The number of halogens is 1. The van der Waals surface area contributed by atoms with Gasteiger partial charge in [0.25, 0.3) is 0 Å². The van der Waals surface area contributed by atoms with Crippen LogP contribution in [0.25, 0.3) is 0 Å². The third-order valence-electron chi connectivity index (χ3n) is 3.22. The average molecular weight is 378 g/mol. The highest BCUT2D eigenvalue weighted by atomic mass is 35.5. The molecule has 6 nitrogen and oxygen atoms in total. The van der Waals surface area contributed by atoms with E-state index >= 15 is 0 Å². The van der Waals surface area contributed by atoms with E-state index in [1.54, 1.807) is 0 Å². The molecule has 0 aliphatic rings. The topological polar surface area (TPSA) is 84.9 Å². The van der Waals surface area contributed by atoms with E-state index in [0.29, 0.717) is 11.4 Å². The van der Waals surface area contributed by atoms with Crippen molar-refractivity contribution in [3.8, 4) is 5.75 Å². The van der Waals surface area contributed by atoms with Gasteiger partial charge in [-0.3, -0.25) is 14.2 Å². The van der Waals surface area contributed by atoms with Crippen LogP contribution in [0, 0.1) is 0 Å². The summed E-state index contributed by atoms with van der Waals surface area (Å²) in [5.74, 6) is 0.0999. The molecule has 0 aliphatic carbocycles. The first-order valence-corrected chi connectivity index (χ1v) is 9.99. The van der Waals surface area contributed by atoms with Crippen molar-refractivity contribution in [2.75, 3.05) is 13.2 Å². The summed E-state index contributed by atoms with van der Waals surface area (Å²) in [7, 11) is -4.22. The van der Waals surface area contributed by atoms with Crippen LogP contribution < -0.4 is 9.84 Å². The summed E-state index contributed by atoms with van der Waals surface area (Å²) in [5, 5.41) is 3.14. The Morgan fingerprint density at radius 3 is 2.54 bits per heavy atom. The molecule has 136 valence electrons. The third-order valence-corrected chi connectivity index (χ3v) is 4.42. The minimum atomic E-state index is -4.22. The number of nitrogens with one attached hydrogen (secondary N) is 1. The number of phosphoric ester groups is 1. The smallest absolute Gasteiger partial charge is 0.404 e. The molecule has 1 aromatic carbocycles. The zero-order valence-electron chi connectivity index (χ0n) is 13.9. The molecule has 8 heteroatoms. The number of benzene rings is 1. The van der Waals surface area contributed by atoms with Gasteiger partial charge in [0.15, 0.2) is 0 Å². The summed E-state index contributed by atoms with van der Waals surface area (Å²) >= 11 is 5.72. The molecule has 24 heavy (non-hydrogen) atoms. The second-order valence-corrected chi connectivity index (χ2v) is 7.18. The number of carbonyl (C=O) groups excluding carboxylic acids is 1. The molecule has 0 bridgehead atoms. The third kappa shape index (κ3) is 9.93. The van der Waals surface area contributed by atoms with Crippen molar-refractivity contribution in [2.24, 2.45) is 0 Å². The van der Waals surface area contributed by atoms with Crippen LogP contribution in [0.1, 0.15) is 45.4 Å². The molecular weight excluding hydrogens is 353 g/mol. The molecule has 1 unspecified atom stereocenters. The lowest BCUT2D eigenvalue weighted by Crippen LogP contribution is -2.26. The monoisotopic (exact) mass is 377 g/mol. The van der Waals surface area contributed by atoms with Crippen LogP contribution in [0.15, 0.2) is 24.3 Å². The minimum Gasteiger partial charge on any atom is -0.404 e. The fraction of sp³-hybridized carbons (Fsp3) is 0.562. The lowest BCUT2D eigenvalue weighted by molar-refractivity contribution is -0.121. The molecule has 0 aliphatic heterocycles. The van der Waals surface area contributed by atoms with Gasteiger partial charge in [0.05, 0.1) is 6.61 Å². The summed E-state index contributed by atoms with van der Waals surface area (Å²) in [5.41, 5.74) is 0. The van der Waals surface area contributed by atoms with Crippen molar-refractivity contribution >= 4 is 25.3 Å². The summed E-state index contributed by atoms with van der Waals surface area (Å²) in [4.78, 5) is 21.2. The molecule has 0 heterocycles. The maximum absolute atomic E-state index is 11.8. The molecule has 0 fully saturated rings. The van der Waals surface area contributed by atoms with Crippen LogP contribution in [0.4, 0.5) is 0 Å². The van der Waals surface area contributed by atoms with E-state index in [2.05, 4.69) is 12.2 Å². The van der Waals surface area contributed by atoms with Gasteiger partial charge in [0.1, 0.15) is 5.75 Å². The maximum atomic E-state index is 11.8. The molecule has 1 aromatic rings. The highest BCUT2D eigenvalue weighted by Crippen LogP contribution is 2.43. The number of phosphoric acid groups is 1. The van der Waals surface area contributed by atoms with Crippen molar-refractivity contribution in [1.29, 1.82) is 0 Å². The highest BCUT2D eigenvalue weighted by Gasteiger charge is 2.22. The minimum absolute atomic E-state index is 0.0820. The van der Waals surface area contributed by atoms with Crippen LogP contribution in [0.3, 0.4) is 0 Å². The Hall–Kier alpha value is -1.07. The SMILES string of the molecule is CCCCCCCC(=O)NCCOP(=O)(O)Oc1ccc(Cl)cc1. The van der Waals surface area contributed by atoms with Crippen molar-refractivity contribution < 1.29 is 23.3 Å². The molecular formula is C16H25ClNO5P. The molecule has 0 spiro atoms. The number of amides is 1. The van der Waals surface area contributed by atoms with Crippen LogP contribution in [0.5, 0.6) is 5.75 Å². The highest BCUT2D eigenvalue weighted by molar-refractivity contribution is 7.47. The van der Waals surface area contributed by atoms with Crippen LogP contribution >= 0.6 is 19.4 Å². The van der Waals surface area contributed by atoms with Crippen LogP contribution in [-0.2, 0) is 13.9 Å². The van der Waals surface area contributed by atoms with Gasteiger partial charge >= 0.3 is 7.82 Å². The summed E-state index contributed by atoms with van der Waals surface area (Å²) in [6.45, 7) is 2.19. The first-order chi connectivity index (χ1) is 11.4. The van der Waals surface area contributed by atoms with Gasteiger partial charge in [-0.25, -0.2) is 4.57 Å². The van der Waals surface area contributed by atoms with E-state index in [1.165, 1.54) is 37.1 Å². The summed E-state index contributed by atoms with van der Waals surface area (Å²) < 4.78 is 21.4. The number of carbonyl (C=O) groups is 1.